The van der Waals surface area contributed by atoms with Crippen molar-refractivity contribution in [2.45, 2.75) is 26.4 Å². The van der Waals surface area contributed by atoms with E-state index in [-0.39, 0.29) is 12.1 Å². The fourth-order valence-corrected chi connectivity index (χ4v) is 1.53. The number of nitrogens with one attached hydrogen (secondary N) is 1. The van der Waals surface area contributed by atoms with Crippen LogP contribution in [-0.2, 0) is 19.0 Å². The summed E-state index contributed by atoms with van der Waals surface area (Å²) in [6.45, 7) is 7.90. The van der Waals surface area contributed by atoms with Crippen LogP contribution in [0, 0.1) is 5.92 Å². The number of rotatable bonds is 7. The highest BCUT2D eigenvalue weighted by atomic mass is 16.6. The van der Waals surface area contributed by atoms with Gasteiger partial charge in [-0.05, 0) is 5.92 Å². The maximum Gasteiger partial charge on any atom is 0.308 e. The molecule has 0 amide bonds. The summed E-state index contributed by atoms with van der Waals surface area (Å²) in [6.07, 6.45) is 0.268. The molecule has 1 unspecified atom stereocenters. The van der Waals surface area contributed by atoms with Gasteiger partial charge in [0.25, 0.3) is 0 Å². The smallest absolute Gasteiger partial charge is 0.308 e. The van der Waals surface area contributed by atoms with Crippen LogP contribution in [0.2, 0.25) is 0 Å². The average Bonchev–Trinajstić information content (AvgIpc) is 2.29. The predicted molar refractivity (Wildman–Crippen MR) is 63.8 cm³/mol. The molecule has 1 heterocycles. The SMILES string of the molecule is CC(C)COCCOC(=O)CC1CNCCO1. The first-order chi connectivity index (χ1) is 8.18. The third-order valence-corrected chi connectivity index (χ3v) is 2.34. The second-order valence-corrected chi connectivity index (χ2v) is 4.59. The third-order valence-electron chi connectivity index (χ3n) is 2.34. The molecular formula is C12H23NO4. The van der Waals surface area contributed by atoms with Crippen molar-refractivity contribution in [2.24, 2.45) is 5.92 Å². The normalized spacial score (nSPS) is 20.5. The summed E-state index contributed by atoms with van der Waals surface area (Å²) < 4.78 is 15.8. The summed E-state index contributed by atoms with van der Waals surface area (Å²) in [5.41, 5.74) is 0. The Morgan fingerprint density at radius 2 is 2.29 bits per heavy atom. The van der Waals surface area contributed by atoms with Crippen LogP contribution in [0.5, 0.6) is 0 Å². The highest BCUT2D eigenvalue weighted by Gasteiger charge is 2.17. The molecule has 0 aromatic heterocycles. The quantitative estimate of drug-likeness (QED) is 0.525. The van der Waals surface area contributed by atoms with E-state index < -0.39 is 0 Å². The largest absolute Gasteiger partial charge is 0.463 e. The fourth-order valence-electron chi connectivity index (χ4n) is 1.53. The molecule has 0 aliphatic carbocycles. The summed E-state index contributed by atoms with van der Waals surface area (Å²) in [6, 6.07) is 0. The number of morpholine rings is 1. The maximum absolute atomic E-state index is 11.4. The number of carbonyl (C=O) groups excluding carboxylic acids is 1. The molecule has 0 aromatic rings. The minimum Gasteiger partial charge on any atom is -0.463 e. The fraction of sp³-hybridized carbons (Fsp3) is 0.917. The molecule has 17 heavy (non-hydrogen) atoms. The van der Waals surface area contributed by atoms with E-state index in [4.69, 9.17) is 14.2 Å². The topological polar surface area (TPSA) is 56.8 Å². The zero-order chi connectivity index (χ0) is 12.5. The van der Waals surface area contributed by atoms with Crippen LogP contribution < -0.4 is 5.32 Å². The molecule has 5 nitrogen and oxygen atoms in total. The molecule has 0 radical (unpaired) electrons. The molecule has 1 atom stereocenters. The standard InChI is InChI=1S/C12H23NO4/c1-10(2)9-15-5-6-17-12(14)7-11-8-13-3-4-16-11/h10-11,13H,3-9H2,1-2H3. The van der Waals surface area contributed by atoms with Gasteiger partial charge >= 0.3 is 5.97 Å². The minimum atomic E-state index is -0.216. The summed E-state index contributed by atoms with van der Waals surface area (Å²) in [7, 11) is 0. The first-order valence-corrected chi connectivity index (χ1v) is 6.24. The van der Waals surface area contributed by atoms with Crippen molar-refractivity contribution in [1.29, 1.82) is 0 Å². The molecule has 1 saturated heterocycles. The molecule has 100 valence electrons. The third kappa shape index (κ3) is 7.31. The molecule has 1 aliphatic rings. The molecule has 1 N–H and O–H groups in total. The van der Waals surface area contributed by atoms with Crippen LogP contribution in [0.3, 0.4) is 0 Å². The van der Waals surface area contributed by atoms with E-state index in [1.165, 1.54) is 0 Å². The number of hydrogen-bond donors (Lipinski definition) is 1. The second kappa shape index (κ2) is 8.44. The number of ether oxygens (including phenoxy) is 3. The number of hydrogen-bond acceptors (Lipinski definition) is 5. The van der Waals surface area contributed by atoms with Crippen molar-refractivity contribution in [3.63, 3.8) is 0 Å². The lowest BCUT2D eigenvalue weighted by Gasteiger charge is -2.22. The molecule has 1 fully saturated rings. The van der Waals surface area contributed by atoms with Gasteiger partial charge in [0.15, 0.2) is 0 Å². The van der Waals surface area contributed by atoms with E-state index in [1.54, 1.807) is 0 Å². The molecule has 0 spiro atoms. The van der Waals surface area contributed by atoms with Crippen molar-refractivity contribution >= 4 is 5.97 Å². The second-order valence-electron chi connectivity index (χ2n) is 4.59. The Kier molecular flexibility index (Phi) is 7.16. The van der Waals surface area contributed by atoms with Gasteiger partial charge in [0, 0.05) is 19.7 Å². The Labute approximate surface area is 103 Å². The van der Waals surface area contributed by atoms with Gasteiger partial charge in [0.2, 0.25) is 0 Å². The van der Waals surface area contributed by atoms with Gasteiger partial charge in [-0.3, -0.25) is 4.79 Å². The van der Waals surface area contributed by atoms with Crippen molar-refractivity contribution in [3.05, 3.63) is 0 Å². The molecular weight excluding hydrogens is 222 g/mol. The van der Waals surface area contributed by atoms with E-state index in [0.29, 0.717) is 38.8 Å². The Bertz CT molecular complexity index is 215. The highest BCUT2D eigenvalue weighted by molar-refractivity contribution is 5.70. The van der Waals surface area contributed by atoms with E-state index >= 15 is 0 Å². The lowest BCUT2D eigenvalue weighted by molar-refractivity contribution is -0.148. The van der Waals surface area contributed by atoms with Gasteiger partial charge in [-0.1, -0.05) is 13.8 Å². The van der Waals surface area contributed by atoms with Crippen molar-refractivity contribution in [2.75, 3.05) is 39.5 Å². The molecule has 1 aliphatic heterocycles. The first-order valence-electron chi connectivity index (χ1n) is 6.24. The molecule has 5 heteroatoms. The highest BCUT2D eigenvalue weighted by Crippen LogP contribution is 2.02. The van der Waals surface area contributed by atoms with Gasteiger partial charge in [0.05, 0.1) is 25.7 Å². The van der Waals surface area contributed by atoms with Crippen LogP contribution in [0.25, 0.3) is 0 Å². The lowest BCUT2D eigenvalue weighted by atomic mass is 10.2. The van der Waals surface area contributed by atoms with Gasteiger partial charge in [0.1, 0.15) is 6.61 Å². The van der Waals surface area contributed by atoms with E-state index in [9.17, 15) is 4.79 Å². The van der Waals surface area contributed by atoms with Crippen LogP contribution in [0.15, 0.2) is 0 Å². The van der Waals surface area contributed by atoms with Crippen molar-refractivity contribution in [1.82, 2.24) is 5.32 Å². The zero-order valence-corrected chi connectivity index (χ0v) is 10.7. The zero-order valence-electron chi connectivity index (χ0n) is 10.7. The van der Waals surface area contributed by atoms with E-state index in [2.05, 4.69) is 19.2 Å². The van der Waals surface area contributed by atoms with Gasteiger partial charge in [-0.25, -0.2) is 0 Å². The Hall–Kier alpha value is -0.650. The van der Waals surface area contributed by atoms with Gasteiger partial charge in [-0.2, -0.15) is 0 Å². The number of carbonyl (C=O) groups is 1. The Morgan fingerprint density at radius 1 is 1.47 bits per heavy atom. The van der Waals surface area contributed by atoms with E-state index in [0.717, 1.165) is 13.1 Å². The summed E-state index contributed by atoms with van der Waals surface area (Å²) in [5.74, 6) is 0.291. The average molecular weight is 245 g/mol. The monoisotopic (exact) mass is 245 g/mol. The van der Waals surface area contributed by atoms with Gasteiger partial charge in [-0.15, -0.1) is 0 Å². The predicted octanol–water partition coefficient (Wildman–Crippen LogP) is 0.581. The maximum atomic E-state index is 11.4. The summed E-state index contributed by atoms with van der Waals surface area (Å²) >= 11 is 0. The number of esters is 1. The lowest BCUT2D eigenvalue weighted by Crippen LogP contribution is -2.39. The first kappa shape index (κ1) is 14.4. The van der Waals surface area contributed by atoms with Crippen LogP contribution in [-0.4, -0.2) is 51.6 Å². The van der Waals surface area contributed by atoms with Crippen molar-refractivity contribution in [3.8, 4) is 0 Å². The van der Waals surface area contributed by atoms with Crippen LogP contribution >= 0.6 is 0 Å². The summed E-state index contributed by atoms with van der Waals surface area (Å²) in [4.78, 5) is 11.4. The van der Waals surface area contributed by atoms with Gasteiger partial charge < -0.3 is 19.5 Å². The van der Waals surface area contributed by atoms with Crippen LogP contribution in [0.1, 0.15) is 20.3 Å². The molecule has 0 bridgehead atoms. The van der Waals surface area contributed by atoms with Crippen LogP contribution in [0.4, 0.5) is 0 Å². The molecule has 1 rings (SSSR count). The Balaban J connectivity index is 1.97. The minimum absolute atomic E-state index is 0.0483. The van der Waals surface area contributed by atoms with Crippen molar-refractivity contribution < 1.29 is 19.0 Å². The van der Waals surface area contributed by atoms with E-state index in [1.807, 2.05) is 0 Å². The molecule has 0 aromatic carbocycles. The summed E-state index contributed by atoms with van der Waals surface area (Å²) in [5, 5.41) is 3.17. The molecule has 0 saturated carbocycles. The Morgan fingerprint density at radius 3 is 2.94 bits per heavy atom.